The first kappa shape index (κ1) is 17.5. The van der Waals surface area contributed by atoms with Crippen LogP contribution in [0.5, 0.6) is 0 Å². The molecule has 0 fully saturated rings. The second kappa shape index (κ2) is 8.19. The highest BCUT2D eigenvalue weighted by atomic mass is 32.1. The maximum Gasteiger partial charge on any atom is 0.206 e. The van der Waals surface area contributed by atoms with Crippen LogP contribution in [-0.2, 0) is 0 Å². The van der Waals surface area contributed by atoms with Gasteiger partial charge in [-0.3, -0.25) is 4.99 Å². The Bertz CT molecular complexity index is 1040. The number of aromatic nitrogens is 1. The molecule has 6 heteroatoms. The van der Waals surface area contributed by atoms with Crippen molar-refractivity contribution in [1.82, 2.24) is 4.68 Å². The van der Waals surface area contributed by atoms with Crippen LogP contribution in [0.4, 0.5) is 4.39 Å². The van der Waals surface area contributed by atoms with Crippen LogP contribution < -0.4 is 4.80 Å². The van der Waals surface area contributed by atoms with Crippen LogP contribution >= 0.6 is 11.3 Å². The third-order valence-corrected chi connectivity index (χ3v) is 4.40. The second-order valence-corrected chi connectivity index (χ2v) is 6.17. The van der Waals surface area contributed by atoms with E-state index in [0.29, 0.717) is 16.9 Å². The lowest BCUT2D eigenvalue weighted by Crippen LogP contribution is -2.12. The van der Waals surface area contributed by atoms with E-state index in [9.17, 15) is 4.39 Å². The molecule has 0 saturated carbocycles. The van der Waals surface area contributed by atoms with E-state index in [1.807, 2.05) is 17.5 Å². The number of benzene rings is 2. The SMILES string of the molecule is C=CCN=c1scc(-c2ccc(F)cc2)n1N=Cc1ccc(C#N)cc1. The largest absolute Gasteiger partial charge is 0.253 e. The normalized spacial score (nSPS) is 11.6. The Hall–Kier alpha value is -3.30. The van der Waals surface area contributed by atoms with Crippen molar-refractivity contribution < 1.29 is 4.39 Å². The van der Waals surface area contributed by atoms with Crippen molar-refractivity contribution >= 4 is 17.6 Å². The molecule has 0 aliphatic carbocycles. The highest BCUT2D eigenvalue weighted by Crippen LogP contribution is 2.20. The quantitative estimate of drug-likeness (QED) is 0.496. The molecule has 2 aromatic carbocycles. The average Bonchev–Trinajstić information content (AvgIpc) is 3.08. The predicted octanol–water partition coefficient (Wildman–Crippen LogP) is 4.20. The Morgan fingerprint density at radius 3 is 2.54 bits per heavy atom. The fraction of sp³-hybridized carbons (Fsp3) is 0.0500. The zero-order chi connectivity index (χ0) is 18.4. The number of hydrogen-bond donors (Lipinski definition) is 0. The van der Waals surface area contributed by atoms with Crippen molar-refractivity contribution in [3.63, 3.8) is 0 Å². The first-order valence-corrected chi connectivity index (χ1v) is 8.71. The lowest BCUT2D eigenvalue weighted by molar-refractivity contribution is 0.628. The van der Waals surface area contributed by atoms with Gasteiger partial charge in [0.15, 0.2) is 0 Å². The minimum Gasteiger partial charge on any atom is -0.253 e. The van der Waals surface area contributed by atoms with Gasteiger partial charge in [0.25, 0.3) is 0 Å². The van der Waals surface area contributed by atoms with Crippen LogP contribution in [0.3, 0.4) is 0 Å². The topological polar surface area (TPSA) is 53.4 Å². The lowest BCUT2D eigenvalue weighted by atomic mass is 10.2. The van der Waals surface area contributed by atoms with Crippen molar-refractivity contribution in [3.05, 3.63) is 88.3 Å². The summed E-state index contributed by atoms with van der Waals surface area (Å²) in [4.78, 5) is 5.18. The molecule has 1 aromatic heterocycles. The highest BCUT2D eigenvalue weighted by Gasteiger charge is 2.07. The molecule has 0 saturated heterocycles. The minimum absolute atomic E-state index is 0.284. The molecule has 0 atom stereocenters. The van der Waals surface area contributed by atoms with Gasteiger partial charge < -0.3 is 0 Å². The monoisotopic (exact) mass is 362 g/mol. The molecular weight excluding hydrogens is 347 g/mol. The van der Waals surface area contributed by atoms with Crippen LogP contribution in [0.15, 0.2) is 76.7 Å². The van der Waals surface area contributed by atoms with Gasteiger partial charge in [0.1, 0.15) is 5.82 Å². The number of nitriles is 1. The molecule has 1 heterocycles. The third-order valence-electron chi connectivity index (χ3n) is 3.54. The number of halogens is 1. The van der Waals surface area contributed by atoms with Gasteiger partial charge in [-0.1, -0.05) is 18.2 Å². The summed E-state index contributed by atoms with van der Waals surface area (Å²) in [5.74, 6) is -0.284. The van der Waals surface area contributed by atoms with E-state index in [4.69, 9.17) is 5.26 Å². The average molecular weight is 362 g/mol. The molecule has 0 N–H and O–H groups in total. The van der Waals surface area contributed by atoms with Crippen molar-refractivity contribution in [2.75, 3.05) is 6.54 Å². The van der Waals surface area contributed by atoms with Crippen LogP contribution in [0.1, 0.15) is 11.1 Å². The van der Waals surface area contributed by atoms with Gasteiger partial charge in [-0.05, 0) is 42.0 Å². The zero-order valence-electron chi connectivity index (χ0n) is 13.8. The fourth-order valence-corrected chi connectivity index (χ4v) is 3.10. The second-order valence-electron chi connectivity index (χ2n) is 5.33. The van der Waals surface area contributed by atoms with E-state index in [2.05, 4.69) is 22.7 Å². The molecule has 3 aromatic rings. The summed E-state index contributed by atoms with van der Waals surface area (Å²) in [6.45, 7) is 4.17. The number of rotatable bonds is 5. The summed E-state index contributed by atoms with van der Waals surface area (Å²) in [7, 11) is 0. The van der Waals surface area contributed by atoms with Crippen LogP contribution in [-0.4, -0.2) is 17.4 Å². The van der Waals surface area contributed by atoms with Gasteiger partial charge >= 0.3 is 0 Å². The molecule has 0 amide bonds. The first-order valence-electron chi connectivity index (χ1n) is 7.83. The summed E-state index contributed by atoms with van der Waals surface area (Å²) in [6, 6.07) is 15.5. The zero-order valence-corrected chi connectivity index (χ0v) is 14.7. The lowest BCUT2D eigenvalue weighted by Gasteiger charge is -2.03. The molecule has 4 nitrogen and oxygen atoms in total. The molecule has 128 valence electrons. The van der Waals surface area contributed by atoms with E-state index in [0.717, 1.165) is 16.8 Å². The van der Waals surface area contributed by atoms with Gasteiger partial charge in [-0.15, -0.1) is 17.9 Å². The minimum atomic E-state index is -0.284. The van der Waals surface area contributed by atoms with E-state index in [-0.39, 0.29) is 5.82 Å². The maximum absolute atomic E-state index is 13.2. The molecule has 0 unspecified atom stereocenters. The number of thiazole rings is 1. The van der Waals surface area contributed by atoms with Crippen LogP contribution in [0.25, 0.3) is 11.3 Å². The first-order chi connectivity index (χ1) is 12.7. The summed E-state index contributed by atoms with van der Waals surface area (Å²) < 4.78 is 14.9. The standard InChI is InChI=1S/C20H15FN4S/c1-2-11-23-20-25(24-13-16-5-3-15(12-22)4-6-16)19(14-26-20)17-7-9-18(21)10-8-17/h2-10,13-14H,1,11H2. The summed E-state index contributed by atoms with van der Waals surface area (Å²) in [5.41, 5.74) is 3.13. The van der Waals surface area contributed by atoms with E-state index < -0.39 is 0 Å². The molecule has 26 heavy (non-hydrogen) atoms. The Kier molecular flexibility index (Phi) is 5.52. The Balaban J connectivity index is 2.03. The molecule has 0 bridgehead atoms. The molecule has 0 aliphatic heterocycles. The predicted molar refractivity (Wildman–Crippen MR) is 102 cm³/mol. The molecule has 0 aliphatic rings. The molecule has 3 rings (SSSR count). The third kappa shape index (κ3) is 4.02. The van der Waals surface area contributed by atoms with E-state index >= 15 is 0 Å². The highest BCUT2D eigenvalue weighted by molar-refractivity contribution is 7.07. The van der Waals surface area contributed by atoms with Crippen molar-refractivity contribution in [2.24, 2.45) is 10.1 Å². The van der Waals surface area contributed by atoms with E-state index in [1.165, 1.54) is 23.5 Å². The molecule has 0 spiro atoms. The molecular formula is C20H15FN4S. The van der Waals surface area contributed by atoms with Crippen LogP contribution in [0, 0.1) is 17.1 Å². The number of nitrogens with zero attached hydrogens (tertiary/aromatic N) is 4. The smallest absolute Gasteiger partial charge is 0.206 e. The maximum atomic E-state index is 13.2. The fourth-order valence-electron chi connectivity index (χ4n) is 2.25. The summed E-state index contributed by atoms with van der Waals surface area (Å²) >= 11 is 1.45. The molecule has 0 radical (unpaired) electrons. The van der Waals surface area contributed by atoms with E-state index in [1.54, 1.807) is 41.2 Å². The van der Waals surface area contributed by atoms with Crippen LogP contribution in [0.2, 0.25) is 0 Å². The van der Waals surface area contributed by atoms with Gasteiger partial charge in [0.2, 0.25) is 4.80 Å². The van der Waals surface area contributed by atoms with Crippen molar-refractivity contribution in [2.45, 2.75) is 0 Å². The van der Waals surface area contributed by atoms with Crippen molar-refractivity contribution in [1.29, 1.82) is 5.26 Å². The summed E-state index contributed by atoms with van der Waals surface area (Å²) in [5, 5.41) is 15.4. The Morgan fingerprint density at radius 2 is 1.88 bits per heavy atom. The van der Waals surface area contributed by atoms with Gasteiger partial charge in [-0.2, -0.15) is 10.4 Å². The van der Waals surface area contributed by atoms with Gasteiger partial charge in [0, 0.05) is 10.9 Å². The Labute approximate surface area is 154 Å². The Morgan fingerprint density at radius 1 is 1.15 bits per heavy atom. The number of hydrogen-bond acceptors (Lipinski definition) is 4. The van der Waals surface area contributed by atoms with Gasteiger partial charge in [-0.25, -0.2) is 9.07 Å². The van der Waals surface area contributed by atoms with Crippen molar-refractivity contribution in [3.8, 4) is 17.3 Å². The van der Waals surface area contributed by atoms with Gasteiger partial charge in [0.05, 0.1) is 30.1 Å². The summed E-state index contributed by atoms with van der Waals surface area (Å²) in [6.07, 6.45) is 3.42.